The average molecular weight is 331 g/mol. The van der Waals surface area contributed by atoms with E-state index in [0.717, 1.165) is 32.5 Å². The zero-order valence-corrected chi connectivity index (χ0v) is 14.8. The molecule has 0 aromatic carbocycles. The average Bonchev–Trinajstić information content (AvgIpc) is 2.61. The molecule has 0 radical (unpaired) electrons. The van der Waals surface area contributed by atoms with Crippen LogP contribution in [0.4, 0.5) is 0 Å². The molecule has 2 fully saturated rings. The van der Waals surface area contributed by atoms with E-state index in [1.807, 2.05) is 20.8 Å². The Morgan fingerprint density at radius 1 is 1.14 bits per heavy atom. The molecule has 0 aromatic rings. The number of hydrogen-bond acceptors (Lipinski definition) is 4. The van der Waals surface area contributed by atoms with Crippen LogP contribution in [0, 0.1) is 5.41 Å². The van der Waals surface area contributed by atoms with Crippen molar-refractivity contribution in [3.05, 3.63) is 0 Å². The van der Waals surface area contributed by atoms with Crippen molar-refractivity contribution in [2.75, 3.05) is 38.5 Å². The smallest absolute Gasteiger partial charge is 0.220 e. The molecule has 0 bridgehead atoms. The number of sulfonamides is 1. The number of carbonyl (C=O) groups is 1. The molecule has 2 rings (SSSR count). The molecule has 1 amide bonds. The summed E-state index contributed by atoms with van der Waals surface area (Å²) in [6, 6.07) is 0.395. The largest absolute Gasteiger partial charge is 0.356 e. The minimum atomic E-state index is -3.17. The molecule has 0 unspecified atom stereocenters. The summed E-state index contributed by atoms with van der Waals surface area (Å²) in [7, 11) is -3.17. The Hall–Kier alpha value is -0.660. The van der Waals surface area contributed by atoms with E-state index >= 15 is 0 Å². The summed E-state index contributed by atoms with van der Waals surface area (Å²) in [5, 5.41) is 2.90. The van der Waals surface area contributed by atoms with E-state index in [2.05, 4.69) is 10.2 Å². The van der Waals surface area contributed by atoms with E-state index in [4.69, 9.17) is 0 Å². The van der Waals surface area contributed by atoms with Gasteiger partial charge >= 0.3 is 0 Å². The molecule has 2 aliphatic heterocycles. The van der Waals surface area contributed by atoms with Crippen molar-refractivity contribution in [3.8, 4) is 0 Å². The van der Waals surface area contributed by atoms with Gasteiger partial charge in [0.05, 0.1) is 5.75 Å². The van der Waals surface area contributed by atoms with Gasteiger partial charge in [0.15, 0.2) is 0 Å². The van der Waals surface area contributed by atoms with E-state index < -0.39 is 10.0 Å². The van der Waals surface area contributed by atoms with Gasteiger partial charge in [0.2, 0.25) is 15.9 Å². The van der Waals surface area contributed by atoms with Crippen molar-refractivity contribution >= 4 is 15.9 Å². The van der Waals surface area contributed by atoms with Gasteiger partial charge in [-0.15, -0.1) is 0 Å². The minimum Gasteiger partial charge on any atom is -0.356 e. The molecule has 2 heterocycles. The number of nitrogens with zero attached hydrogens (tertiary/aromatic N) is 2. The van der Waals surface area contributed by atoms with E-state index in [0.29, 0.717) is 25.6 Å². The van der Waals surface area contributed by atoms with Crippen molar-refractivity contribution in [1.29, 1.82) is 0 Å². The highest BCUT2D eigenvalue weighted by Crippen LogP contribution is 2.21. The van der Waals surface area contributed by atoms with Crippen molar-refractivity contribution in [1.82, 2.24) is 14.5 Å². The van der Waals surface area contributed by atoms with Crippen LogP contribution in [0.25, 0.3) is 0 Å². The number of piperazine rings is 1. The monoisotopic (exact) mass is 331 g/mol. The Labute approximate surface area is 134 Å². The fourth-order valence-electron chi connectivity index (χ4n) is 3.26. The van der Waals surface area contributed by atoms with Gasteiger partial charge in [-0.25, -0.2) is 8.42 Å². The van der Waals surface area contributed by atoms with Gasteiger partial charge < -0.3 is 5.32 Å². The lowest BCUT2D eigenvalue weighted by molar-refractivity contribution is -0.120. The molecular formula is C15H29N3O3S. The Kier molecular flexibility index (Phi) is 5.50. The number of amides is 1. The molecule has 0 aromatic heterocycles. The first-order valence-electron chi connectivity index (χ1n) is 8.16. The second kappa shape index (κ2) is 6.84. The van der Waals surface area contributed by atoms with E-state index in [-0.39, 0.29) is 17.1 Å². The van der Waals surface area contributed by atoms with Crippen molar-refractivity contribution in [2.45, 2.75) is 46.1 Å². The predicted octanol–water partition coefficient (Wildman–Crippen LogP) is 0.649. The molecule has 128 valence electrons. The molecule has 0 spiro atoms. The third-order valence-corrected chi connectivity index (χ3v) is 6.69. The van der Waals surface area contributed by atoms with Crippen LogP contribution >= 0.6 is 0 Å². The van der Waals surface area contributed by atoms with Gasteiger partial charge in [-0.1, -0.05) is 20.8 Å². The van der Waals surface area contributed by atoms with Crippen LogP contribution in [0.15, 0.2) is 0 Å². The van der Waals surface area contributed by atoms with Gasteiger partial charge in [0.25, 0.3) is 0 Å². The molecule has 7 heteroatoms. The summed E-state index contributed by atoms with van der Waals surface area (Å²) in [6.45, 7) is 9.26. The Bertz CT molecular complexity index is 491. The van der Waals surface area contributed by atoms with E-state index in [1.54, 1.807) is 4.31 Å². The lowest BCUT2D eigenvalue weighted by atomic mass is 10.0. The van der Waals surface area contributed by atoms with Gasteiger partial charge in [-0.3, -0.25) is 9.69 Å². The van der Waals surface area contributed by atoms with Gasteiger partial charge in [-0.2, -0.15) is 4.31 Å². The summed E-state index contributed by atoms with van der Waals surface area (Å²) in [5.41, 5.74) is -0.219. The second-order valence-corrected chi connectivity index (χ2v) is 9.55. The Morgan fingerprint density at radius 3 is 2.36 bits per heavy atom. The van der Waals surface area contributed by atoms with Gasteiger partial charge in [0.1, 0.15) is 0 Å². The zero-order valence-electron chi connectivity index (χ0n) is 14.0. The first-order chi connectivity index (χ1) is 10.2. The zero-order chi connectivity index (χ0) is 16.4. The molecule has 2 saturated heterocycles. The first-order valence-corrected chi connectivity index (χ1v) is 9.77. The third-order valence-electron chi connectivity index (χ3n) is 4.30. The van der Waals surface area contributed by atoms with Crippen molar-refractivity contribution in [3.63, 3.8) is 0 Å². The summed E-state index contributed by atoms with van der Waals surface area (Å²) < 4.78 is 26.5. The van der Waals surface area contributed by atoms with Gasteiger partial charge in [0, 0.05) is 45.2 Å². The summed E-state index contributed by atoms with van der Waals surface area (Å²) in [6.07, 6.45) is 2.41. The number of rotatable bonds is 3. The van der Waals surface area contributed by atoms with Crippen LogP contribution in [-0.4, -0.2) is 68.0 Å². The molecule has 6 nitrogen and oxygen atoms in total. The lowest BCUT2D eigenvalue weighted by Gasteiger charge is -2.39. The number of hydrogen-bond donors (Lipinski definition) is 1. The molecule has 2 aliphatic rings. The quantitative estimate of drug-likeness (QED) is 0.824. The maximum Gasteiger partial charge on any atom is 0.220 e. The van der Waals surface area contributed by atoms with Crippen molar-refractivity contribution in [2.24, 2.45) is 5.41 Å². The van der Waals surface area contributed by atoms with Crippen molar-refractivity contribution < 1.29 is 13.2 Å². The normalized spacial score (nSPS) is 26.5. The van der Waals surface area contributed by atoms with Crippen LogP contribution in [-0.2, 0) is 14.8 Å². The second-order valence-electron chi connectivity index (χ2n) is 7.58. The molecular weight excluding hydrogens is 302 g/mol. The molecule has 1 N–H and O–H groups in total. The van der Waals surface area contributed by atoms with Gasteiger partial charge in [-0.05, 0) is 18.3 Å². The molecule has 0 saturated carbocycles. The Balaban J connectivity index is 1.88. The molecule has 22 heavy (non-hydrogen) atoms. The maximum absolute atomic E-state index is 12.4. The van der Waals surface area contributed by atoms with Crippen LogP contribution in [0.5, 0.6) is 0 Å². The number of nitrogens with one attached hydrogen (secondary N) is 1. The summed E-state index contributed by atoms with van der Waals surface area (Å²) in [4.78, 5) is 13.8. The topological polar surface area (TPSA) is 69.7 Å². The predicted molar refractivity (Wildman–Crippen MR) is 87.0 cm³/mol. The fourth-order valence-corrected chi connectivity index (χ4v) is 5.26. The van der Waals surface area contributed by atoms with Crippen LogP contribution < -0.4 is 5.32 Å². The lowest BCUT2D eigenvalue weighted by Crippen LogP contribution is -2.53. The van der Waals surface area contributed by atoms with Crippen LogP contribution in [0.1, 0.15) is 40.0 Å². The van der Waals surface area contributed by atoms with E-state index in [1.165, 1.54) is 0 Å². The molecule has 1 atom stereocenters. The SMILES string of the molecule is CC(C)(C)CS(=O)(=O)N1CCN([C@@H]2CCNC(=O)CC2)CC1. The highest BCUT2D eigenvalue weighted by molar-refractivity contribution is 7.89. The number of carbonyl (C=O) groups excluding carboxylic acids is 1. The van der Waals surface area contributed by atoms with Crippen LogP contribution in [0.2, 0.25) is 0 Å². The third kappa shape index (κ3) is 4.93. The standard InChI is InChI=1S/C15H29N3O3S/c1-15(2,3)12-22(20,21)18-10-8-17(9-11-18)13-4-5-14(19)16-7-6-13/h13H,4-12H2,1-3H3,(H,16,19)/t13-/m0/s1. The van der Waals surface area contributed by atoms with E-state index in [9.17, 15) is 13.2 Å². The molecule has 0 aliphatic carbocycles. The highest BCUT2D eigenvalue weighted by atomic mass is 32.2. The highest BCUT2D eigenvalue weighted by Gasteiger charge is 2.32. The summed E-state index contributed by atoms with van der Waals surface area (Å²) in [5.74, 6) is 0.330. The van der Waals surface area contributed by atoms with Crippen LogP contribution in [0.3, 0.4) is 0 Å². The first kappa shape index (κ1) is 17.7. The maximum atomic E-state index is 12.4. The fraction of sp³-hybridized carbons (Fsp3) is 0.933. The summed E-state index contributed by atoms with van der Waals surface area (Å²) >= 11 is 0. The minimum absolute atomic E-state index is 0.133. The Morgan fingerprint density at radius 2 is 1.77 bits per heavy atom.